The van der Waals surface area contributed by atoms with E-state index in [0.717, 1.165) is 32.1 Å². The van der Waals surface area contributed by atoms with E-state index in [-0.39, 0.29) is 23.8 Å². The number of rotatable bonds is 3. The first kappa shape index (κ1) is 16.7. The lowest BCUT2D eigenvalue weighted by atomic mass is 9.96. The Kier molecular flexibility index (Phi) is 5.33. The molecule has 2 N–H and O–H groups in total. The number of nitrogens with one attached hydrogen (secondary N) is 2. The molecule has 1 aliphatic heterocycles. The second-order valence-electron chi connectivity index (χ2n) is 6.63. The maximum atomic E-state index is 12.9. The molecule has 0 unspecified atom stereocenters. The van der Waals surface area contributed by atoms with E-state index in [1.54, 1.807) is 4.90 Å². The van der Waals surface area contributed by atoms with Crippen LogP contribution in [0.4, 0.5) is 14.9 Å². The highest BCUT2D eigenvalue weighted by Gasteiger charge is 2.35. The summed E-state index contributed by atoms with van der Waals surface area (Å²) in [5.41, 5.74) is 0.543. The average molecular weight is 333 g/mol. The van der Waals surface area contributed by atoms with Crippen LogP contribution in [-0.4, -0.2) is 35.5 Å². The molecule has 0 aromatic heterocycles. The maximum absolute atomic E-state index is 12.9. The molecule has 5 nitrogen and oxygen atoms in total. The summed E-state index contributed by atoms with van der Waals surface area (Å²) in [6.07, 6.45) is 7.06. The van der Waals surface area contributed by atoms with Crippen molar-refractivity contribution in [3.8, 4) is 0 Å². The fraction of sp³-hybridized carbons (Fsp3) is 0.556. The number of urea groups is 1. The van der Waals surface area contributed by atoms with Gasteiger partial charge in [-0.15, -0.1) is 0 Å². The van der Waals surface area contributed by atoms with Crippen molar-refractivity contribution in [3.05, 3.63) is 30.1 Å². The number of benzene rings is 1. The largest absolute Gasteiger partial charge is 0.335 e. The Hall–Kier alpha value is -2.11. The van der Waals surface area contributed by atoms with E-state index < -0.39 is 6.04 Å². The van der Waals surface area contributed by atoms with Crippen LogP contribution in [0, 0.1) is 5.82 Å². The molecule has 1 aromatic carbocycles. The molecule has 1 atom stereocenters. The fourth-order valence-electron chi connectivity index (χ4n) is 3.55. The summed E-state index contributed by atoms with van der Waals surface area (Å²) in [5, 5.41) is 5.85. The number of nitrogens with zero attached hydrogens (tertiary/aromatic N) is 1. The zero-order chi connectivity index (χ0) is 16.9. The third-order valence-electron chi connectivity index (χ3n) is 4.86. The van der Waals surface area contributed by atoms with Gasteiger partial charge in [-0.25, -0.2) is 9.18 Å². The van der Waals surface area contributed by atoms with Crippen LogP contribution in [0.5, 0.6) is 0 Å². The first-order valence-corrected chi connectivity index (χ1v) is 8.77. The van der Waals surface area contributed by atoms with Crippen molar-refractivity contribution in [1.82, 2.24) is 10.2 Å². The lowest BCUT2D eigenvalue weighted by Gasteiger charge is -2.29. The van der Waals surface area contributed by atoms with Crippen molar-refractivity contribution in [1.29, 1.82) is 0 Å². The van der Waals surface area contributed by atoms with E-state index in [9.17, 15) is 14.0 Å². The molecule has 1 saturated heterocycles. The highest BCUT2D eigenvalue weighted by molar-refractivity contribution is 5.97. The number of hydrogen-bond donors (Lipinski definition) is 2. The zero-order valence-electron chi connectivity index (χ0n) is 13.8. The van der Waals surface area contributed by atoms with Crippen molar-refractivity contribution < 1.29 is 14.0 Å². The summed E-state index contributed by atoms with van der Waals surface area (Å²) in [6, 6.07) is 5.28. The Labute approximate surface area is 141 Å². The van der Waals surface area contributed by atoms with Crippen molar-refractivity contribution in [3.63, 3.8) is 0 Å². The highest BCUT2D eigenvalue weighted by atomic mass is 19.1. The average Bonchev–Trinajstić information content (AvgIpc) is 3.08. The van der Waals surface area contributed by atoms with Crippen LogP contribution < -0.4 is 10.6 Å². The Morgan fingerprint density at radius 3 is 2.42 bits per heavy atom. The summed E-state index contributed by atoms with van der Waals surface area (Å²) >= 11 is 0. The lowest BCUT2D eigenvalue weighted by molar-refractivity contribution is -0.119. The van der Waals surface area contributed by atoms with E-state index in [2.05, 4.69) is 10.6 Å². The number of hydrogen-bond acceptors (Lipinski definition) is 2. The molecule has 6 heteroatoms. The monoisotopic (exact) mass is 333 g/mol. The second-order valence-corrected chi connectivity index (χ2v) is 6.63. The van der Waals surface area contributed by atoms with Gasteiger partial charge in [0.25, 0.3) is 0 Å². The number of carbonyl (C=O) groups excluding carboxylic acids is 2. The summed E-state index contributed by atoms with van der Waals surface area (Å²) in [7, 11) is 0. The number of halogens is 1. The van der Waals surface area contributed by atoms with Gasteiger partial charge in [-0.2, -0.15) is 0 Å². The van der Waals surface area contributed by atoms with Gasteiger partial charge in [0.2, 0.25) is 5.91 Å². The van der Waals surface area contributed by atoms with Gasteiger partial charge < -0.3 is 15.5 Å². The van der Waals surface area contributed by atoms with E-state index in [0.29, 0.717) is 18.7 Å². The third-order valence-corrected chi connectivity index (χ3v) is 4.86. The van der Waals surface area contributed by atoms with Gasteiger partial charge >= 0.3 is 6.03 Å². The van der Waals surface area contributed by atoms with Crippen LogP contribution >= 0.6 is 0 Å². The minimum Gasteiger partial charge on any atom is -0.335 e. The van der Waals surface area contributed by atoms with Gasteiger partial charge in [0.1, 0.15) is 11.9 Å². The molecule has 0 radical (unpaired) electrons. The molecule has 0 spiro atoms. The van der Waals surface area contributed by atoms with Crippen LogP contribution in [0.25, 0.3) is 0 Å². The summed E-state index contributed by atoms with van der Waals surface area (Å²) in [4.78, 5) is 26.6. The standard InChI is InChI=1S/C18H24FN3O2/c19-13-8-10-15(11-9-13)20-17(23)16-7-4-12-22(16)18(24)21-14-5-2-1-3-6-14/h8-11,14,16H,1-7,12H2,(H,20,23)(H,21,24)/t16-/m0/s1. The molecule has 3 amide bonds. The highest BCUT2D eigenvalue weighted by Crippen LogP contribution is 2.22. The Morgan fingerprint density at radius 2 is 1.71 bits per heavy atom. The van der Waals surface area contributed by atoms with E-state index in [4.69, 9.17) is 0 Å². The smallest absolute Gasteiger partial charge is 0.318 e. The van der Waals surface area contributed by atoms with Crippen LogP contribution in [0.2, 0.25) is 0 Å². The predicted molar refractivity (Wildman–Crippen MR) is 90.2 cm³/mol. The Balaban J connectivity index is 1.58. The molecule has 24 heavy (non-hydrogen) atoms. The lowest BCUT2D eigenvalue weighted by Crippen LogP contribution is -2.50. The molecule has 130 valence electrons. The first-order chi connectivity index (χ1) is 11.6. The SMILES string of the molecule is O=C(Nc1ccc(F)cc1)[C@@H]1CCCN1C(=O)NC1CCCCC1. The molecule has 1 saturated carbocycles. The van der Waals surface area contributed by atoms with Crippen LogP contribution in [0.1, 0.15) is 44.9 Å². The third kappa shape index (κ3) is 4.04. The van der Waals surface area contributed by atoms with Crippen molar-refractivity contribution in [2.24, 2.45) is 0 Å². The number of amides is 3. The normalized spacial score (nSPS) is 21.5. The topological polar surface area (TPSA) is 61.4 Å². The maximum Gasteiger partial charge on any atom is 0.318 e. The fourth-order valence-corrected chi connectivity index (χ4v) is 3.55. The summed E-state index contributed by atoms with van der Waals surface area (Å²) in [6.45, 7) is 0.597. The number of carbonyl (C=O) groups is 2. The van der Waals surface area contributed by atoms with Crippen LogP contribution in [0.3, 0.4) is 0 Å². The van der Waals surface area contributed by atoms with Gasteiger partial charge in [0.05, 0.1) is 0 Å². The van der Waals surface area contributed by atoms with E-state index in [1.165, 1.54) is 30.7 Å². The molecule has 2 aliphatic rings. The molecule has 1 heterocycles. The van der Waals surface area contributed by atoms with Crippen molar-refractivity contribution in [2.45, 2.75) is 57.0 Å². The van der Waals surface area contributed by atoms with Gasteiger partial charge in [-0.1, -0.05) is 19.3 Å². The summed E-state index contributed by atoms with van der Waals surface area (Å²) in [5.74, 6) is -0.555. The molecule has 1 aromatic rings. The Bertz CT molecular complexity index is 584. The second kappa shape index (κ2) is 7.64. The zero-order valence-corrected chi connectivity index (χ0v) is 13.8. The van der Waals surface area contributed by atoms with Crippen molar-refractivity contribution in [2.75, 3.05) is 11.9 Å². The molecular formula is C18H24FN3O2. The van der Waals surface area contributed by atoms with Gasteiger partial charge in [-0.05, 0) is 49.9 Å². The van der Waals surface area contributed by atoms with E-state index >= 15 is 0 Å². The molecule has 1 aliphatic carbocycles. The first-order valence-electron chi connectivity index (χ1n) is 8.77. The minimum atomic E-state index is -0.460. The van der Waals surface area contributed by atoms with Gasteiger partial charge in [0, 0.05) is 18.3 Å². The molecular weight excluding hydrogens is 309 g/mol. The molecule has 3 rings (SSSR count). The van der Waals surface area contributed by atoms with Crippen molar-refractivity contribution >= 4 is 17.6 Å². The van der Waals surface area contributed by atoms with Gasteiger partial charge in [0.15, 0.2) is 0 Å². The van der Waals surface area contributed by atoms with Crippen LogP contribution in [-0.2, 0) is 4.79 Å². The Morgan fingerprint density at radius 1 is 1.00 bits per heavy atom. The quantitative estimate of drug-likeness (QED) is 0.892. The predicted octanol–water partition coefficient (Wildman–Crippen LogP) is 3.27. The number of anilines is 1. The molecule has 2 fully saturated rings. The minimum absolute atomic E-state index is 0.140. The van der Waals surface area contributed by atoms with Crippen LogP contribution in [0.15, 0.2) is 24.3 Å². The van der Waals surface area contributed by atoms with E-state index in [1.807, 2.05) is 0 Å². The van der Waals surface area contributed by atoms with Gasteiger partial charge in [-0.3, -0.25) is 4.79 Å². The molecule has 0 bridgehead atoms. The number of likely N-dealkylation sites (tertiary alicyclic amines) is 1. The summed E-state index contributed by atoms with van der Waals surface area (Å²) < 4.78 is 12.9.